The third kappa shape index (κ3) is 5.39. The molecule has 0 aromatic carbocycles. The van der Waals surface area contributed by atoms with Gasteiger partial charge >= 0.3 is 0 Å². The first-order valence-corrected chi connectivity index (χ1v) is 6.84. The van der Waals surface area contributed by atoms with E-state index in [1.54, 1.807) is 0 Å². The van der Waals surface area contributed by atoms with Crippen molar-refractivity contribution in [2.75, 3.05) is 26.2 Å². The third-order valence-electron chi connectivity index (χ3n) is 3.40. The monoisotopic (exact) mass is 253 g/mol. The van der Waals surface area contributed by atoms with E-state index in [0.717, 1.165) is 13.1 Å². The van der Waals surface area contributed by atoms with Crippen molar-refractivity contribution in [3.63, 3.8) is 0 Å². The highest BCUT2D eigenvalue weighted by atomic mass is 16.5. The van der Waals surface area contributed by atoms with Crippen molar-refractivity contribution < 1.29 is 9.84 Å². The lowest BCUT2D eigenvalue weighted by Crippen LogP contribution is -2.44. The molecule has 0 amide bonds. The van der Waals surface area contributed by atoms with Crippen LogP contribution in [0.15, 0.2) is 0 Å². The van der Waals surface area contributed by atoms with E-state index in [0.29, 0.717) is 25.0 Å². The Labute approximate surface area is 112 Å². The van der Waals surface area contributed by atoms with Crippen LogP contribution < -0.4 is 0 Å². The molecule has 1 fully saturated rings. The SMILES string of the molecule is C#CC(C)(C)OC[C@H](O)CN1C[C@H](C)C[C@H](C)C1. The van der Waals surface area contributed by atoms with Crippen LogP contribution >= 0.6 is 0 Å². The molecule has 0 saturated carbocycles. The lowest BCUT2D eigenvalue weighted by Gasteiger charge is -2.36. The molecule has 0 radical (unpaired) electrons. The van der Waals surface area contributed by atoms with Crippen LogP contribution in [-0.4, -0.2) is 48.0 Å². The molecule has 18 heavy (non-hydrogen) atoms. The second-order valence-electron chi connectivity index (χ2n) is 6.28. The van der Waals surface area contributed by atoms with Crippen LogP contribution in [0.3, 0.4) is 0 Å². The van der Waals surface area contributed by atoms with Crippen molar-refractivity contribution in [2.45, 2.75) is 45.8 Å². The van der Waals surface area contributed by atoms with E-state index < -0.39 is 11.7 Å². The number of hydrogen-bond donors (Lipinski definition) is 1. The highest BCUT2D eigenvalue weighted by molar-refractivity contribution is 5.02. The molecule has 3 nitrogen and oxygen atoms in total. The number of β-amino-alcohol motifs (C(OH)–C–C–N with tert-alkyl or cyclic N) is 1. The second kappa shape index (κ2) is 6.56. The fourth-order valence-electron chi connectivity index (χ4n) is 2.64. The van der Waals surface area contributed by atoms with Gasteiger partial charge in [0.1, 0.15) is 5.60 Å². The molecule has 0 bridgehead atoms. The largest absolute Gasteiger partial charge is 0.389 e. The van der Waals surface area contributed by atoms with Gasteiger partial charge in [0.05, 0.1) is 12.7 Å². The lowest BCUT2D eigenvalue weighted by molar-refractivity contribution is -0.0421. The maximum absolute atomic E-state index is 10.00. The molecule has 0 aromatic rings. The van der Waals surface area contributed by atoms with Crippen LogP contribution in [0.4, 0.5) is 0 Å². The molecular formula is C15H27NO2. The van der Waals surface area contributed by atoms with Gasteiger partial charge in [-0.05, 0) is 32.1 Å². The van der Waals surface area contributed by atoms with Crippen LogP contribution in [0.2, 0.25) is 0 Å². The summed E-state index contributed by atoms with van der Waals surface area (Å²) in [4.78, 5) is 2.33. The van der Waals surface area contributed by atoms with Crippen LogP contribution in [0, 0.1) is 24.2 Å². The van der Waals surface area contributed by atoms with Crippen LogP contribution in [-0.2, 0) is 4.74 Å². The molecule has 0 aromatic heterocycles. The van der Waals surface area contributed by atoms with Gasteiger partial charge in [0, 0.05) is 19.6 Å². The van der Waals surface area contributed by atoms with Gasteiger partial charge in [-0.2, -0.15) is 0 Å². The lowest BCUT2D eigenvalue weighted by atomic mass is 9.92. The van der Waals surface area contributed by atoms with Crippen LogP contribution in [0.1, 0.15) is 34.1 Å². The summed E-state index contributed by atoms with van der Waals surface area (Å²) in [5, 5.41) is 10.00. The summed E-state index contributed by atoms with van der Waals surface area (Å²) in [5.74, 6) is 3.99. The standard InChI is InChI=1S/C15H27NO2/c1-6-15(4,5)18-11-14(17)10-16-8-12(2)7-13(3)9-16/h1,12-14,17H,7-11H2,2-5H3/t12-,13+,14-/m1/s1. The molecule has 1 aliphatic rings. The van der Waals surface area contributed by atoms with E-state index in [9.17, 15) is 5.11 Å². The van der Waals surface area contributed by atoms with Crippen molar-refractivity contribution >= 4 is 0 Å². The molecule has 1 rings (SSSR count). The molecule has 1 saturated heterocycles. The maximum Gasteiger partial charge on any atom is 0.122 e. The van der Waals surface area contributed by atoms with E-state index in [-0.39, 0.29) is 0 Å². The van der Waals surface area contributed by atoms with E-state index in [1.165, 1.54) is 6.42 Å². The molecule has 1 heterocycles. The van der Waals surface area contributed by atoms with Crippen molar-refractivity contribution in [2.24, 2.45) is 11.8 Å². The first-order chi connectivity index (χ1) is 8.32. The topological polar surface area (TPSA) is 32.7 Å². The fourth-order valence-corrected chi connectivity index (χ4v) is 2.64. The van der Waals surface area contributed by atoms with Crippen molar-refractivity contribution in [3.05, 3.63) is 0 Å². The number of likely N-dealkylation sites (tertiary alicyclic amines) is 1. The Morgan fingerprint density at radius 2 is 1.94 bits per heavy atom. The normalized spacial score (nSPS) is 27.8. The van der Waals surface area contributed by atoms with Crippen molar-refractivity contribution in [1.29, 1.82) is 0 Å². The van der Waals surface area contributed by atoms with Crippen molar-refractivity contribution in [3.8, 4) is 12.3 Å². The Kier molecular flexibility index (Phi) is 5.65. The fraction of sp³-hybridized carbons (Fsp3) is 0.867. The average Bonchev–Trinajstić information content (AvgIpc) is 2.25. The second-order valence-corrected chi connectivity index (χ2v) is 6.28. The van der Waals surface area contributed by atoms with E-state index in [4.69, 9.17) is 11.2 Å². The number of aliphatic hydroxyl groups is 1. The Bertz CT molecular complexity index is 285. The first-order valence-electron chi connectivity index (χ1n) is 6.84. The van der Waals surface area contributed by atoms with Gasteiger partial charge in [0.2, 0.25) is 0 Å². The van der Waals surface area contributed by atoms with Gasteiger partial charge in [0.15, 0.2) is 0 Å². The Balaban J connectivity index is 2.32. The Morgan fingerprint density at radius 3 is 2.44 bits per heavy atom. The predicted octanol–water partition coefficient (Wildman–Crippen LogP) is 1.75. The molecule has 1 aliphatic heterocycles. The number of hydrogen-bond acceptors (Lipinski definition) is 3. The van der Waals surface area contributed by atoms with E-state index in [2.05, 4.69) is 24.7 Å². The zero-order valence-corrected chi connectivity index (χ0v) is 12.1. The van der Waals surface area contributed by atoms with Crippen LogP contribution in [0.5, 0.6) is 0 Å². The number of terminal acetylenes is 1. The minimum absolute atomic E-state index is 0.302. The molecule has 0 unspecified atom stereocenters. The smallest absolute Gasteiger partial charge is 0.122 e. The van der Waals surface area contributed by atoms with Gasteiger partial charge < -0.3 is 14.7 Å². The van der Waals surface area contributed by atoms with Gasteiger partial charge in [-0.25, -0.2) is 0 Å². The summed E-state index contributed by atoms with van der Waals surface area (Å²) >= 11 is 0. The number of piperidine rings is 1. The molecule has 0 spiro atoms. The molecule has 1 N–H and O–H groups in total. The molecule has 104 valence electrons. The van der Waals surface area contributed by atoms with Gasteiger partial charge in [0.25, 0.3) is 0 Å². The molecule has 3 heteroatoms. The number of rotatable bonds is 5. The zero-order chi connectivity index (χ0) is 13.8. The summed E-state index contributed by atoms with van der Waals surface area (Å²) in [6.45, 7) is 11.3. The zero-order valence-electron chi connectivity index (χ0n) is 12.1. The van der Waals surface area contributed by atoms with Crippen LogP contribution in [0.25, 0.3) is 0 Å². The van der Waals surface area contributed by atoms with Gasteiger partial charge in [-0.1, -0.05) is 19.8 Å². The highest BCUT2D eigenvalue weighted by Gasteiger charge is 2.24. The first kappa shape index (κ1) is 15.5. The summed E-state index contributed by atoms with van der Waals surface area (Å²) in [7, 11) is 0. The molecule has 0 aliphatic carbocycles. The Morgan fingerprint density at radius 1 is 1.39 bits per heavy atom. The Hall–Kier alpha value is -0.560. The quantitative estimate of drug-likeness (QED) is 0.758. The summed E-state index contributed by atoms with van der Waals surface area (Å²) < 4.78 is 5.52. The average molecular weight is 253 g/mol. The van der Waals surface area contributed by atoms with Crippen molar-refractivity contribution in [1.82, 2.24) is 4.90 Å². The van der Waals surface area contributed by atoms with E-state index >= 15 is 0 Å². The molecular weight excluding hydrogens is 226 g/mol. The number of ether oxygens (including phenoxy) is 1. The summed E-state index contributed by atoms with van der Waals surface area (Å²) in [6.07, 6.45) is 6.17. The van der Waals surface area contributed by atoms with Gasteiger partial charge in [-0.15, -0.1) is 6.42 Å². The third-order valence-corrected chi connectivity index (χ3v) is 3.40. The number of nitrogens with zero attached hydrogens (tertiary/aromatic N) is 1. The number of aliphatic hydroxyl groups excluding tert-OH is 1. The maximum atomic E-state index is 10.00. The van der Waals surface area contributed by atoms with E-state index in [1.807, 2.05) is 13.8 Å². The highest BCUT2D eigenvalue weighted by Crippen LogP contribution is 2.21. The summed E-state index contributed by atoms with van der Waals surface area (Å²) in [5.41, 5.74) is -0.594. The van der Waals surface area contributed by atoms with Gasteiger partial charge in [-0.3, -0.25) is 0 Å². The molecule has 3 atom stereocenters. The predicted molar refractivity (Wildman–Crippen MR) is 74.3 cm³/mol. The minimum Gasteiger partial charge on any atom is -0.389 e. The minimum atomic E-state index is -0.594. The summed E-state index contributed by atoms with van der Waals surface area (Å²) in [6, 6.07) is 0.